The number of aromatic nitrogens is 3. The molecule has 6 heteroatoms. The molecule has 0 radical (unpaired) electrons. The third-order valence-corrected chi connectivity index (χ3v) is 3.23. The van der Waals surface area contributed by atoms with Crippen LogP contribution in [0.5, 0.6) is 0 Å². The molecule has 0 atom stereocenters. The SMILES string of the molecule is NC(=O)Cc1cn(-c2ccc(Cl)nn2)c2ccccc12. The van der Waals surface area contributed by atoms with Crippen LogP contribution in [0.1, 0.15) is 5.56 Å². The maximum Gasteiger partial charge on any atom is 0.221 e. The molecule has 0 fully saturated rings. The number of primary amides is 1. The number of rotatable bonds is 3. The molecule has 2 aromatic heterocycles. The summed E-state index contributed by atoms with van der Waals surface area (Å²) in [4.78, 5) is 11.2. The second kappa shape index (κ2) is 4.94. The van der Waals surface area contributed by atoms with Crippen molar-refractivity contribution in [2.45, 2.75) is 6.42 Å². The number of hydrogen-bond donors (Lipinski definition) is 1. The molecule has 0 saturated heterocycles. The minimum absolute atomic E-state index is 0.189. The van der Waals surface area contributed by atoms with Gasteiger partial charge in [-0.2, -0.15) is 0 Å². The van der Waals surface area contributed by atoms with Crippen LogP contribution in [0.3, 0.4) is 0 Å². The van der Waals surface area contributed by atoms with Crippen LogP contribution in [0.25, 0.3) is 16.7 Å². The second-order valence-corrected chi connectivity index (χ2v) is 4.79. The average Bonchev–Trinajstić information content (AvgIpc) is 2.78. The zero-order valence-electron chi connectivity index (χ0n) is 10.5. The summed E-state index contributed by atoms with van der Waals surface area (Å²) >= 11 is 5.75. The molecule has 1 aromatic carbocycles. The van der Waals surface area contributed by atoms with Crippen molar-refractivity contribution >= 4 is 28.4 Å². The number of fused-ring (bicyclic) bond motifs is 1. The Morgan fingerprint density at radius 2 is 2.00 bits per heavy atom. The largest absolute Gasteiger partial charge is 0.369 e. The number of carbonyl (C=O) groups excluding carboxylic acids is 1. The fourth-order valence-electron chi connectivity index (χ4n) is 2.21. The Hall–Kier alpha value is -2.40. The van der Waals surface area contributed by atoms with Crippen molar-refractivity contribution in [2.75, 3.05) is 0 Å². The first-order valence-corrected chi connectivity index (χ1v) is 6.40. The summed E-state index contributed by atoms with van der Waals surface area (Å²) in [6, 6.07) is 11.2. The number of para-hydroxylation sites is 1. The number of nitrogens with two attached hydrogens (primary N) is 1. The lowest BCUT2D eigenvalue weighted by molar-refractivity contribution is -0.117. The minimum atomic E-state index is -0.366. The van der Waals surface area contributed by atoms with Gasteiger partial charge in [-0.1, -0.05) is 29.8 Å². The predicted molar refractivity (Wildman–Crippen MR) is 76.8 cm³/mol. The van der Waals surface area contributed by atoms with Crippen molar-refractivity contribution in [2.24, 2.45) is 5.73 Å². The van der Waals surface area contributed by atoms with E-state index in [1.165, 1.54) is 0 Å². The highest BCUT2D eigenvalue weighted by atomic mass is 35.5. The van der Waals surface area contributed by atoms with E-state index in [9.17, 15) is 4.79 Å². The molecular formula is C14H11ClN4O. The molecule has 20 heavy (non-hydrogen) atoms. The molecule has 0 aliphatic carbocycles. The van der Waals surface area contributed by atoms with Gasteiger partial charge in [0.05, 0.1) is 11.9 Å². The molecule has 5 nitrogen and oxygen atoms in total. The Kier molecular flexibility index (Phi) is 3.12. The van der Waals surface area contributed by atoms with Gasteiger partial charge in [-0.3, -0.25) is 9.36 Å². The van der Waals surface area contributed by atoms with Crippen LogP contribution in [0.2, 0.25) is 5.15 Å². The summed E-state index contributed by atoms with van der Waals surface area (Å²) in [5, 5.41) is 9.20. The third-order valence-electron chi connectivity index (χ3n) is 3.02. The van der Waals surface area contributed by atoms with Crippen LogP contribution in [0.15, 0.2) is 42.6 Å². The summed E-state index contributed by atoms with van der Waals surface area (Å²) in [5.74, 6) is 0.274. The van der Waals surface area contributed by atoms with Gasteiger partial charge in [0.2, 0.25) is 5.91 Å². The van der Waals surface area contributed by atoms with E-state index < -0.39 is 0 Å². The highest BCUT2D eigenvalue weighted by Gasteiger charge is 2.12. The molecule has 0 aliphatic heterocycles. The van der Waals surface area contributed by atoms with Gasteiger partial charge in [0.25, 0.3) is 0 Å². The molecule has 3 aromatic rings. The average molecular weight is 287 g/mol. The summed E-state index contributed by atoms with van der Waals surface area (Å²) in [6.07, 6.45) is 2.04. The first kappa shape index (κ1) is 12.6. The molecule has 3 rings (SSSR count). The van der Waals surface area contributed by atoms with Crippen molar-refractivity contribution in [3.05, 3.63) is 53.3 Å². The van der Waals surface area contributed by atoms with E-state index in [0.29, 0.717) is 11.0 Å². The number of benzene rings is 1. The van der Waals surface area contributed by atoms with Gasteiger partial charge in [-0.05, 0) is 23.8 Å². The molecule has 0 spiro atoms. The fraction of sp³-hybridized carbons (Fsp3) is 0.0714. The van der Waals surface area contributed by atoms with Crippen molar-refractivity contribution in [1.82, 2.24) is 14.8 Å². The van der Waals surface area contributed by atoms with Gasteiger partial charge in [-0.25, -0.2) is 0 Å². The number of halogens is 1. The molecule has 2 N–H and O–H groups in total. The fourth-order valence-corrected chi connectivity index (χ4v) is 2.31. The normalized spacial score (nSPS) is 10.8. The Morgan fingerprint density at radius 3 is 2.70 bits per heavy atom. The highest BCUT2D eigenvalue weighted by molar-refractivity contribution is 6.29. The van der Waals surface area contributed by atoms with Crippen molar-refractivity contribution in [3.8, 4) is 5.82 Å². The topological polar surface area (TPSA) is 73.8 Å². The van der Waals surface area contributed by atoms with E-state index in [0.717, 1.165) is 16.5 Å². The van der Waals surface area contributed by atoms with E-state index in [1.54, 1.807) is 12.1 Å². The van der Waals surface area contributed by atoms with Crippen LogP contribution in [0, 0.1) is 0 Å². The van der Waals surface area contributed by atoms with Gasteiger partial charge >= 0.3 is 0 Å². The first-order valence-electron chi connectivity index (χ1n) is 6.02. The van der Waals surface area contributed by atoms with Gasteiger partial charge in [0, 0.05) is 11.6 Å². The van der Waals surface area contributed by atoms with Crippen molar-refractivity contribution in [3.63, 3.8) is 0 Å². The number of carbonyl (C=O) groups is 1. The standard InChI is InChI=1S/C14H11ClN4O/c15-12-5-6-14(18-17-12)19-8-9(7-13(16)20)10-3-1-2-4-11(10)19/h1-6,8H,7H2,(H2,16,20). The zero-order valence-corrected chi connectivity index (χ0v) is 11.2. The van der Waals surface area contributed by atoms with Crippen LogP contribution in [-0.4, -0.2) is 20.7 Å². The molecule has 2 heterocycles. The Balaban J connectivity index is 2.20. The van der Waals surface area contributed by atoms with E-state index in [4.69, 9.17) is 17.3 Å². The summed E-state index contributed by atoms with van der Waals surface area (Å²) in [7, 11) is 0. The molecular weight excluding hydrogens is 276 g/mol. The van der Waals surface area contributed by atoms with Crippen LogP contribution >= 0.6 is 11.6 Å². The van der Waals surface area contributed by atoms with Crippen molar-refractivity contribution < 1.29 is 4.79 Å². The van der Waals surface area contributed by atoms with Crippen LogP contribution < -0.4 is 5.73 Å². The van der Waals surface area contributed by atoms with Crippen LogP contribution in [0.4, 0.5) is 0 Å². The third kappa shape index (κ3) is 2.23. The molecule has 0 saturated carbocycles. The Bertz CT molecular complexity index is 779. The number of hydrogen-bond acceptors (Lipinski definition) is 3. The smallest absolute Gasteiger partial charge is 0.221 e. The summed E-state index contributed by atoms with van der Waals surface area (Å²) < 4.78 is 1.87. The van der Waals surface area contributed by atoms with Gasteiger partial charge in [0.1, 0.15) is 0 Å². The minimum Gasteiger partial charge on any atom is -0.369 e. The van der Waals surface area contributed by atoms with Gasteiger partial charge in [0.15, 0.2) is 11.0 Å². The Morgan fingerprint density at radius 1 is 1.20 bits per heavy atom. The number of nitrogens with zero attached hydrogens (tertiary/aromatic N) is 3. The molecule has 100 valence electrons. The van der Waals surface area contributed by atoms with Crippen molar-refractivity contribution in [1.29, 1.82) is 0 Å². The molecule has 0 unspecified atom stereocenters. The maximum atomic E-state index is 11.2. The number of amides is 1. The zero-order chi connectivity index (χ0) is 14.1. The predicted octanol–water partition coefficient (Wildman–Crippen LogP) is 2.10. The lowest BCUT2D eigenvalue weighted by atomic mass is 10.1. The monoisotopic (exact) mass is 286 g/mol. The lowest BCUT2D eigenvalue weighted by Gasteiger charge is -2.02. The highest BCUT2D eigenvalue weighted by Crippen LogP contribution is 2.24. The quantitative estimate of drug-likeness (QED) is 0.801. The van der Waals surface area contributed by atoms with Crippen LogP contribution in [-0.2, 0) is 11.2 Å². The van der Waals surface area contributed by atoms with E-state index >= 15 is 0 Å². The van der Waals surface area contributed by atoms with E-state index in [1.807, 2.05) is 35.0 Å². The molecule has 0 aliphatic rings. The summed E-state index contributed by atoms with van der Waals surface area (Å²) in [5.41, 5.74) is 7.10. The lowest BCUT2D eigenvalue weighted by Crippen LogP contribution is -2.13. The molecule has 0 bridgehead atoms. The second-order valence-electron chi connectivity index (χ2n) is 4.40. The van der Waals surface area contributed by atoms with E-state index in [-0.39, 0.29) is 12.3 Å². The molecule has 1 amide bonds. The first-order chi connectivity index (χ1) is 9.65. The van der Waals surface area contributed by atoms with Gasteiger partial charge in [-0.15, -0.1) is 10.2 Å². The maximum absolute atomic E-state index is 11.2. The van der Waals surface area contributed by atoms with E-state index in [2.05, 4.69) is 10.2 Å². The van der Waals surface area contributed by atoms with Gasteiger partial charge < -0.3 is 5.73 Å². The Labute approximate surface area is 120 Å². The summed E-state index contributed by atoms with van der Waals surface area (Å²) in [6.45, 7) is 0.